The largest absolute Gasteiger partial charge is 0.493 e. The van der Waals surface area contributed by atoms with Crippen LogP contribution in [0.3, 0.4) is 0 Å². The van der Waals surface area contributed by atoms with Crippen LogP contribution in [0, 0.1) is 0 Å². The highest BCUT2D eigenvalue weighted by Gasteiger charge is 2.24. The van der Waals surface area contributed by atoms with E-state index in [9.17, 15) is 8.42 Å². The van der Waals surface area contributed by atoms with Gasteiger partial charge in [-0.05, 0) is 41.5 Å². The number of benzene rings is 2. The van der Waals surface area contributed by atoms with Gasteiger partial charge in [-0.25, -0.2) is 8.42 Å². The average Bonchev–Trinajstić information content (AvgIpc) is 3.09. The highest BCUT2D eigenvalue weighted by atomic mass is 32.2. The quantitative estimate of drug-likeness (QED) is 0.789. The van der Waals surface area contributed by atoms with Gasteiger partial charge in [-0.2, -0.15) is 4.31 Å². The zero-order valence-corrected chi connectivity index (χ0v) is 15.3. The van der Waals surface area contributed by atoms with Crippen LogP contribution >= 0.6 is 0 Å². The molecule has 0 fully saturated rings. The Balaban J connectivity index is 1.83. The fraction of sp³-hybridized carbons (Fsp3) is 0.333. The molecule has 1 heterocycles. The minimum absolute atomic E-state index is 0.232. The fourth-order valence-electron chi connectivity index (χ4n) is 2.82. The molecular formula is C18H21NO5S. The first-order valence-corrected chi connectivity index (χ1v) is 9.32. The van der Waals surface area contributed by atoms with E-state index < -0.39 is 10.0 Å². The summed E-state index contributed by atoms with van der Waals surface area (Å²) in [5.41, 5.74) is 1.74. The predicted octanol–water partition coefficient (Wildman–Crippen LogP) is 2.46. The second-order valence-corrected chi connectivity index (χ2v) is 7.86. The van der Waals surface area contributed by atoms with Gasteiger partial charge in [-0.15, -0.1) is 0 Å². The van der Waals surface area contributed by atoms with Crippen LogP contribution in [0.25, 0.3) is 0 Å². The van der Waals surface area contributed by atoms with Crippen molar-refractivity contribution in [3.63, 3.8) is 0 Å². The van der Waals surface area contributed by atoms with Crippen molar-refractivity contribution in [3.05, 3.63) is 47.5 Å². The molecular weight excluding hydrogens is 342 g/mol. The van der Waals surface area contributed by atoms with E-state index in [4.69, 9.17) is 14.2 Å². The van der Waals surface area contributed by atoms with Crippen LogP contribution < -0.4 is 14.2 Å². The van der Waals surface area contributed by atoms with Crippen molar-refractivity contribution >= 4 is 10.0 Å². The van der Waals surface area contributed by atoms with E-state index >= 15 is 0 Å². The lowest BCUT2D eigenvalue weighted by atomic mass is 10.2. The summed E-state index contributed by atoms with van der Waals surface area (Å²) in [6.45, 7) is 0.830. The summed E-state index contributed by atoms with van der Waals surface area (Å²) in [4.78, 5) is 0.278. The summed E-state index contributed by atoms with van der Waals surface area (Å²) >= 11 is 0. The number of fused-ring (bicyclic) bond motifs is 1. The van der Waals surface area contributed by atoms with Gasteiger partial charge in [0.15, 0.2) is 11.5 Å². The summed E-state index contributed by atoms with van der Waals surface area (Å²) in [5.74, 6) is 1.94. The number of rotatable bonds is 6. The van der Waals surface area contributed by atoms with Crippen molar-refractivity contribution in [2.75, 3.05) is 27.9 Å². The van der Waals surface area contributed by atoms with Crippen LogP contribution in [0.1, 0.15) is 11.1 Å². The third kappa shape index (κ3) is 3.43. The molecule has 134 valence electrons. The number of ether oxygens (including phenoxy) is 3. The molecule has 25 heavy (non-hydrogen) atoms. The molecule has 6 nitrogen and oxygen atoms in total. The van der Waals surface area contributed by atoms with E-state index in [2.05, 4.69) is 0 Å². The SMILES string of the molecule is COc1ccc(CN(C)S(=O)(=O)c2ccc3c(c2)CCO3)cc1OC. The predicted molar refractivity (Wildman–Crippen MR) is 93.8 cm³/mol. The highest BCUT2D eigenvalue weighted by Crippen LogP contribution is 2.30. The number of methoxy groups -OCH3 is 2. The molecule has 0 aliphatic carbocycles. The summed E-state index contributed by atoms with van der Waals surface area (Å²) in [7, 11) is 1.09. The van der Waals surface area contributed by atoms with E-state index in [0.717, 1.165) is 23.3 Å². The minimum atomic E-state index is -3.59. The Hall–Kier alpha value is -2.25. The molecule has 2 aromatic rings. The van der Waals surface area contributed by atoms with Gasteiger partial charge < -0.3 is 14.2 Å². The van der Waals surface area contributed by atoms with E-state index in [1.165, 1.54) is 4.31 Å². The van der Waals surface area contributed by atoms with Crippen LogP contribution in [0.15, 0.2) is 41.3 Å². The molecule has 2 aromatic carbocycles. The Morgan fingerprint density at radius 3 is 2.56 bits per heavy atom. The van der Waals surface area contributed by atoms with Crippen LogP contribution in [-0.2, 0) is 23.0 Å². The maximum Gasteiger partial charge on any atom is 0.243 e. The molecule has 0 atom stereocenters. The van der Waals surface area contributed by atoms with E-state index in [1.807, 2.05) is 6.07 Å². The first kappa shape index (κ1) is 17.6. The molecule has 0 spiro atoms. The standard InChI is InChI=1S/C18H21NO5S/c1-19(12-13-4-6-17(22-2)18(10-13)23-3)25(20,21)15-5-7-16-14(11-15)8-9-24-16/h4-7,10-11H,8-9,12H2,1-3H3. The molecule has 0 N–H and O–H groups in total. The van der Waals surface area contributed by atoms with E-state index in [1.54, 1.807) is 51.6 Å². The molecule has 7 heteroatoms. The first-order valence-electron chi connectivity index (χ1n) is 7.88. The third-order valence-corrected chi connectivity index (χ3v) is 6.02. The Labute approximate surface area is 148 Å². The molecule has 1 aliphatic heterocycles. The molecule has 0 bridgehead atoms. The van der Waals surface area contributed by atoms with E-state index in [0.29, 0.717) is 18.1 Å². The number of hydrogen-bond donors (Lipinski definition) is 0. The molecule has 0 amide bonds. The first-order chi connectivity index (χ1) is 12.0. The summed E-state index contributed by atoms with van der Waals surface area (Å²) in [6, 6.07) is 10.4. The minimum Gasteiger partial charge on any atom is -0.493 e. The molecule has 0 saturated carbocycles. The van der Waals surface area contributed by atoms with Crippen LogP contribution in [0.4, 0.5) is 0 Å². The number of sulfonamides is 1. The summed E-state index contributed by atoms with van der Waals surface area (Å²) < 4.78 is 42.9. The lowest BCUT2D eigenvalue weighted by molar-refractivity contribution is 0.354. The maximum atomic E-state index is 12.8. The van der Waals surface area contributed by atoms with Gasteiger partial charge in [-0.1, -0.05) is 6.07 Å². The molecule has 1 aliphatic rings. The lowest BCUT2D eigenvalue weighted by Gasteiger charge is -2.18. The van der Waals surface area contributed by atoms with Gasteiger partial charge in [0.2, 0.25) is 10.0 Å². The summed E-state index contributed by atoms with van der Waals surface area (Å²) in [6.07, 6.45) is 0.734. The van der Waals surface area contributed by atoms with Gasteiger partial charge in [-0.3, -0.25) is 0 Å². The smallest absolute Gasteiger partial charge is 0.243 e. The second kappa shape index (κ2) is 6.93. The Morgan fingerprint density at radius 2 is 1.84 bits per heavy atom. The molecule has 0 saturated heterocycles. The van der Waals surface area contributed by atoms with Crippen LogP contribution in [0.2, 0.25) is 0 Å². The van der Waals surface area contributed by atoms with E-state index in [-0.39, 0.29) is 11.4 Å². The van der Waals surface area contributed by atoms with Gasteiger partial charge in [0.25, 0.3) is 0 Å². The van der Waals surface area contributed by atoms with Crippen molar-refractivity contribution in [2.24, 2.45) is 0 Å². The van der Waals surface area contributed by atoms with Crippen LogP contribution in [0.5, 0.6) is 17.2 Å². The average molecular weight is 363 g/mol. The zero-order chi connectivity index (χ0) is 18.0. The Bertz CT molecular complexity index is 879. The molecule has 0 radical (unpaired) electrons. The highest BCUT2D eigenvalue weighted by molar-refractivity contribution is 7.89. The van der Waals surface area contributed by atoms with Gasteiger partial charge in [0.05, 0.1) is 25.7 Å². The second-order valence-electron chi connectivity index (χ2n) is 5.82. The molecule has 0 unspecified atom stereocenters. The zero-order valence-electron chi connectivity index (χ0n) is 14.5. The van der Waals surface area contributed by atoms with Crippen molar-refractivity contribution in [1.29, 1.82) is 0 Å². The topological polar surface area (TPSA) is 65.1 Å². The third-order valence-electron chi connectivity index (χ3n) is 4.22. The van der Waals surface area contributed by atoms with Crippen molar-refractivity contribution < 1.29 is 22.6 Å². The van der Waals surface area contributed by atoms with Crippen molar-refractivity contribution in [3.8, 4) is 17.2 Å². The van der Waals surface area contributed by atoms with Gasteiger partial charge >= 0.3 is 0 Å². The molecule has 0 aromatic heterocycles. The Morgan fingerprint density at radius 1 is 1.08 bits per heavy atom. The van der Waals surface area contributed by atoms with Gasteiger partial charge in [0.1, 0.15) is 5.75 Å². The maximum absolute atomic E-state index is 12.8. The van der Waals surface area contributed by atoms with Crippen LogP contribution in [-0.4, -0.2) is 40.6 Å². The van der Waals surface area contributed by atoms with Crippen molar-refractivity contribution in [2.45, 2.75) is 17.9 Å². The molecule has 3 rings (SSSR count). The normalized spacial score (nSPS) is 13.4. The Kier molecular flexibility index (Phi) is 4.87. The van der Waals surface area contributed by atoms with Gasteiger partial charge in [0, 0.05) is 20.0 Å². The lowest BCUT2D eigenvalue weighted by Crippen LogP contribution is -2.26. The summed E-state index contributed by atoms with van der Waals surface area (Å²) in [5, 5.41) is 0. The number of hydrogen-bond acceptors (Lipinski definition) is 5. The fourth-order valence-corrected chi connectivity index (χ4v) is 4.03. The van der Waals surface area contributed by atoms with Crippen molar-refractivity contribution in [1.82, 2.24) is 4.31 Å². The monoisotopic (exact) mass is 363 g/mol. The number of nitrogens with zero attached hydrogens (tertiary/aromatic N) is 1.